The fourth-order valence-corrected chi connectivity index (χ4v) is 4.03. The number of carbonyl (C=O) groups is 2. The molecule has 2 aromatic carbocycles. The number of rotatable bonds is 1. The smallest absolute Gasteiger partial charge is 0.339 e. The maximum atomic E-state index is 13.0. The molecule has 3 heterocycles. The van der Waals surface area contributed by atoms with Crippen LogP contribution >= 0.6 is 0 Å². The Bertz CT molecular complexity index is 1040. The van der Waals surface area contributed by atoms with Gasteiger partial charge in [0.05, 0.1) is 5.56 Å². The lowest BCUT2D eigenvalue weighted by Gasteiger charge is -2.32. The number of nitrogens with zero attached hydrogens (tertiary/aromatic N) is 1. The number of benzene rings is 2. The summed E-state index contributed by atoms with van der Waals surface area (Å²) < 4.78 is 5.45. The van der Waals surface area contributed by atoms with Gasteiger partial charge in [-0.2, -0.15) is 0 Å². The minimum absolute atomic E-state index is 0.108. The van der Waals surface area contributed by atoms with Crippen LogP contribution in [-0.4, -0.2) is 34.4 Å². The summed E-state index contributed by atoms with van der Waals surface area (Å²) in [4.78, 5) is 30.5. The summed E-state index contributed by atoms with van der Waals surface area (Å²) in [6.45, 7) is 1.18. The summed E-state index contributed by atoms with van der Waals surface area (Å²) in [5, 5.41) is 1.16. The predicted molar refractivity (Wildman–Crippen MR) is 96.8 cm³/mol. The van der Waals surface area contributed by atoms with Gasteiger partial charge < -0.3 is 14.6 Å². The zero-order valence-electron chi connectivity index (χ0n) is 14.2. The van der Waals surface area contributed by atoms with Crippen LogP contribution in [0, 0.1) is 0 Å². The van der Waals surface area contributed by atoms with Crippen molar-refractivity contribution < 1.29 is 14.3 Å². The van der Waals surface area contributed by atoms with Crippen LogP contribution in [-0.2, 0) is 28.9 Å². The van der Waals surface area contributed by atoms with E-state index in [4.69, 9.17) is 4.74 Å². The molecule has 2 aliphatic heterocycles. The summed E-state index contributed by atoms with van der Waals surface area (Å²) in [6, 6.07) is 15.5. The Morgan fingerprint density at radius 3 is 2.85 bits per heavy atom. The third kappa shape index (κ3) is 2.31. The number of amides is 1. The molecule has 26 heavy (non-hydrogen) atoms. The summed E-state index contributed by atoms with van der Waals surface area (Å²) >= 11 is 0. The topological polar surface area (TPSA) is 62.4 Å². The van der Waals surface area contributed by atoms with Crippen LogP contribution in [0.5, 0.6) is 0 Å². The molecule has 0 unspecified atom stereocenters. The molecule has 0 spiro atoms. The van der Waals surface area contributed by atoms with Gasteiger partial charge in [0, 0.05) is 48.1 Å². The zero-order chi connectivity index (χ0) is 17.7. The van der Waals surface area contributed by atoms with E-state index in [1.54, 1.807) is 6.07 Å². The van der Waals surface area contributed by atoms with Crippen LogP contribution in [0.25, 0.3) is 10.9 Å². The molecule has 0 aliphatic carbocycles. The van der Waals surface area contributed by atoms with Crippen LogP contribution in [0.1, 0.15) is 27.2 Å². The van der Waals surface area contributed by atoms with Gasteiger partial charge in [0.1, 0.15) is 0 Å². The van der Waals surface area contributed by atoms with E-state index in [0.717, 1.165) is 22.9 Å². The lowest BCUT2D eigenvalue weighted by molar-refractivity contribution is -0.142. The number of esters is 1. The Hall–Kier alpha value is -3.08. The van der Waals surface area contributed by atoms with E-state index in [1.807, 2.05) is 35.2 Å². The normalized spacial score (nSPS) is 19.0. The molecule has 130 valence electrons. The van der Waals surface area contributed by atoms with Crippen LogP contribution in [0.4, 0.5) is 0 Å². The van der Waals surface area contributed by atoms with Crippen molar-refractivity contribution in [2.24, 2.45) is 0 Å². The standard InChI is InChI=1S/C21H18N2O3/c24-20(19-11-13-5-1-2-6-14(13)21(25)26-19)23-10-9-18-16(12-23)15-7-3-4-8-17(15)22-18/h1-8,19,22H,9-12H2/t19-/m1/s1. The molecular formula is C21H18N2O3. The van der Waals surface area contributed by atoms with Gasteiger partial charge in [-0.05, 0) is 17.7 Å². The van der Waals surface area contributed by atoms with E-state index >= 15 is 0 Å². The first-order valence-corrected chi connectivity index (χ1v) is 8.87. The number of hydrogen-bond acceptors (Lipinski definition) is 3. The van der Waals surface area contributed by atoms with Crippen LogP contribution in [0.15, 0.2) is 48.5 Å². The molecule has 5 rings (SSSR count). The summed E-state index contributed by atoms with van der Waals surface area (Å²) in [7, 11) is 0. The largest absolute Gasteiger partial charge is 0.448 e. The van der Waals surface area contributed by atoms with E-state index in [2.05, 4.69) is 17.1 Å². The Labute approximate surface area is 150 Å². The van der Waals surface area contributed by atoms with Gasteiger partial charge in [-0.1, -0.05) is 36.4 Å². The number of aromatic amines is 1. The van der Waals surface area contributed by atoms with Crippen molar-refractivity contribution in [2.75, 3.05) is 6.54 Å². The van der Waals surface area contributed by atoms with Crippen LogP contribution in [0.3, 0.4) is 0 Å². The maximum Gasteiger partial charge on any atom is 0.339 e. The Balaban J connectivity index is 1.41. The number of cyclic esters (lactones) is 1. The molecule has 0 saturated heterocycles. The molecule has 1 N–H and O–H groups in total. The lowest BCUT2D eigenvalue weighted by atomic mass is 9.97. The van der Waals surface area contributed by atoms with E-state index in [1.165, 1.54) is 11.3 Å². The number of carbonyl (C=O) groups excluding carboxylic acids is 2. The van der Waals surface area contributed by atoms with Gasteiger partial charge in [0.2, 0.25) is 0 Å². The van der Waals surface area contributed by atoms with Crippen molar-refractivity contribution in [3.63, 3.8) is 0 Å². The third-order valence-electron chi connectivity index (χ3n) is 5.36. The molecule has 3 aromatic rings. The molecule has 0 radical (unpaired) electrons. The number of ether oxygens (including phenoxy) is 1. The van der Waals surface area contributed by atoms with E-state index < -0.39 is 12.1 Å². The average molecular weight is 346 g/mol. The lowest BCUT2D eigenvalue weighted by Crippen LogP contribution is -2.46. The van der Waals surface area contributed by atoms with E-state index in [9.17, 15) is 9.59 Å². The number of hydrogen-bond donors (Lipinski definition) is 1. The van der Waals surface area contributed by atoms with Gasteiger partial charge in [-0.3, -0.25) is 4.79 Å². The monoisotopic (exact) mass is 346 g/mol. The third-order valence-corrected chi connectivity index (χ3v) is 5.36. The molecule has 1 atom stereocenters. The molecular weight excluding hydrogens is 328 g/mol. The van der Waals surface area contributed by atoms with Gasteiger partial charge in [-0.15, -0.1) is 0 Å². The molecule has 1 amide bonds. The SMILES string of the molecule is O=C1O[C@@H](C(=O)N2CCc3[nH]c4ccccc4c3C2)Cc2ccccc21. The molecule has 1 aromatic heterocycles. The van der Waals surface area contributed by atoms with Crippen LogP contribution in [0.2, 0.25) is 0 Å². The van der Waals surface area contributed by atoms with E-state index in [-0.39, 0.29) is 5.91 Å². The first kappa shape index (κ1) is 15.2. The highest BCUT2D eigenvalue weighted by Gasteiger charge is 2.35. The van der Waals surface area contributed by atoms with Gasteiger partial charge in [0.15, 0.2) is 6.10 Å². The quantitative estimate of drug-likeness (QED) is 0.689. The molecule has 2 aliphatic rings. The number of fused-ring (bicyclic) bond motifs is 4. The first-order valence-electron chi connectivity index (χ1n) is 8.87. The van der Waals surface area contributed by atoms with Crippen molar-refractivity contribution in [1.29, 1.82) is 0 Å². The summed E-state index contributed by atoms with van der Waals surface area (Å²) in [6.07, 6.45) is 0.495. The molecule has 5 heteroatoms. The average Bonchev–Trinajstić information content (AvgIpc) is 3.05. The highest BCUT2D eigenvalue weighted by Crippen LogP contribution is 2.29. The summed E-state index contributed by atoms with van der Waals surface area (Å²) in [5.41, 5.74) is 4.91. The number of para-hydroxylation sites is 1. The highest BCUT2D eigenvalue weighted by molar-refractivity contribution is 5.96. The molecule has 5 nitrogen and oxygen atoms in total. The number of nitrogens with one attached hydrogen (secondary N) is 1. The second kappa shape index (κ2) is 5.73. The van der Waals surface area contributed by atoms with Crippen molar-refractivity contribution in [2.45, 2.75) is 25.5 Å². The minimum atomic E-state index is -0.732. The van der Waals surface area contributed by atoms with Gasteiger partial charge in [-0.25, -0.2) is 4.79 Å². The Kier molecular flexibility index (Phi) is 3.35. The van der Waals surface area contributed by atoms with Crippen molar-refractivity contribution in [3.8, 4) is 0 Å². The summed E-state index contributed by atoms with van der Waals surface area (Å²) in [5.74, 6) is -0.515. The fraction of sp³-hybridized carbons (Fsp3) is 0.238. The minimum Gasteiger partial charge on any atom is -0.448 e. The molecule has 0 bridgehead atoms. The predicted octanol–water partition coefficient (Wildman–Crippen LogP) is 2.83. The van der Waals surface area contributed by atoms with Crippen molar-refractivity contribution >= 4 is 22.8 Å². The van der Waals surface area contributed by atoms with Crippen molar-refractivity contribution in [3.05, 3.63) is 70.9 Å². The van der Waals surface area contributed by atoms with Gasteiger partial charge in [0.25, 0.3) is 5.91 Å². The van der Waals surface area contributed by atoms with Crippen molar-refractivity contribution in [1.82, 2.24) is 9.88 Å². The number of aromatic nitrogens is 1. The highest BCUT2D eigenvalue weighted by atomic mass is 16.5. The Morgan fingerprint density at radius 2 is 1.92 bits per heavy atom. The fourth-order valence-electron chi connectivity index (χ4n) is 4.03. The zero-order valence-corrected chi connectivity index (χ0v) is 14.2. The molecule has 0 fully saturated rings. The second-order valence-corrected chi connectivity index (χ2v) is 6.89. The first-order chi connectivity index (χ1) is 12.7. The van der Waals surface area contributed by atoms with Gasteiger partial charge >= 0.3 is 5.97 Å². The second-order valence-electron chi connectivity index (χ2n) is 6.89. The maximum absolute atomic E-state index is 13.0. The Morgan fingerprint density at radius 1 is 1.12 bits per heavy atom. The molecule has 0 saturated carbocycles. The number of H-pyrrole nitrogens is 1. The van der Waals surface area contributed by atoms with E-state index in [0.29, 0.717) is 25.1 Å². The van der Waals surface area contributed by atoms with Crippen LogP contribution < -0.4 is 0 Å².